The number of pyridine rings is 1. The molecular formula is C15H19N3O2S. The zero-order valence-electron chi connectivity index (χ0n) is 12.4. The summed E-state index contributed by atoms with van der Waals surface area (Å²) in [5.41, 5.74) is 1.37. The predicted molar refractivity (Wildman–Crippen MR) is 84.8 cm³/mol. The van der Waals surface area contributed by atoms with Gasteiger partial charge in [-0.3, -0.25) is 9.59 Å². The van der Waals surface area contributed by atoms with Crippen molar-refractivity contribution < 1.29 is 4.79 Å². The molecule has 1 amide bonds. The largest absolute Gasteiger partial charge is 0.350 e. The quantitative estimate of drug-likeness (QED) is 0.910. The summed E-state index contributed by atoms with van der Waals surface area (Å²) in [4.78, 5) is 25.7. The van der Waals surface area contributed by atoms with Crippen LogP contribution < -0.4 is 10.9 Å². The van der Waals surface area contributed by atoms with Gasteiger partial charge in [-0.1, -0.05) is 0 Å². The molecule has 0 saturated carbocycles. The molecule has 2 heterocycles. The van der Waals surface area contributed by atoms with E-state index in [1.165, 1.54) is 16.2 Å². The number of nitrogens with zero attached hydrogens (tertiary/aromatic N) is 2. The second kappa shape index (κ2) is 6.69. The van der Waals surface area contributed by atoms with E-state index < -0.39 is 0 Å². The van der Waals surface area contributed by atoms with Crippen LogP contribution in [0.5, 0.6) is 0 Å². The molecule has 2 aromatic rings. The van der Waals surface area contributed by atoms with Crippen LogP contribution in [-0.2, 0) is 7.05 Å². The van der Waals surface area contributed by atoms with Crippen LogP contribution in [0.1, 0.15) is 22.0 Å². The molecule has 1 atom stereocenters. The summed E-state index contributed by atoms with van der Waals surface area (Å²) in [6, 6.07) is 5.17. The summed E-state index contributed by atoms with van der Waals surface area (Å²) < 4.78 is 1.44. The van der Waals surface area contributed by atoms with E-state index in [1.54, 1.807) is 30.6 Å². The third-order valence-corrected chi connectivity index (χ3v) is 4.08. The molecular weight excluding hydrogens is 286 g/mol. The van der Waals surface area contributed by atoms with Crippen molar-refractivity contribution in [1.82, 2.24) is 14.8 Å². The SMILES string of the molecule is CN(C)C(CNC(=O)c1ccn(C)c(=O)c1)c1ccsc1. The van der Waals surface area contributed by atoms with Crippen molar-refractivity contribution in [3.63, 3.8) is 0 Å². The van der Waals surface area contributed by atoms with Gasteiger partial charge >= 0.3 is 0 Å². The minimum atomic E-state index is -0.227. The highest BCUT2D eigenvalue weighted by Gasteiger charge is 2.16. The van der Waals surface area contributed by atoms with Gasteiger partial charge in [0.15, 0.2) is 0 Å². The first-order valence-corrected chi connectivity index (χ1v) is 7.56. The Morgan fingerprint density at radius 3 is 2.76 bits per heavy atom. The molecule has 1 N–H and O–H groups in total. The summed E-state index contributed by atoms with van der Waals surface area (Å²) in [7, 11) is 5.61. The molecule has 0 aliphatic carbocycles. The number of aromatic nitrogens is 1. The van der Waals surface area contributed by atoms with Crippen molar-refractivity contribution in [3.05, 3.63) is 56.6 Å². The lowest BCUT2D eigenvalue weighted by Gasteiger charge is -2.24. The van der Waals surface area contributed by atoms with E-state index in [1.807, 2.05) is 19.5 Å². The number of hydrogen-bond donors (Lipinski definition) is 1. The summed E-state index contributed by atoms with van der Waals surface area (Å²) in [5.74, 6) is -0.227. The van der Waals surface area contributed by atoms with Crippen LogP contribution in [0.2, 0.25) is 0 Å². The van der Waals surface area contributed by atoms with Crippen LogP contribution in [0, 0.1) is 0 Å². The molecule has 0 saturated heterocycles. The maximum Gasteiger partial charge on any atom is 0.251 e. The minimum absolute atomic E-state index is 0.117. The number of aryl methyl sites for hydroxylation is 1. The fraction of sp³-hybridized carbons (Fsp3) is 0.333. The van der Waals surface area contributed by atoms with Crippen molar-refractivity contribution in [2.24, 2.45) is 7.05 Å². The highest BCUT2D eigenvalue weighted by molar-refractivity contribution is 7.07. The first kappa shape index (κ1) is 15.5. The lowest BCUT2D eigenvalue weighted by Crippen LogP contribution is -2.35. The molecule has 0 aromatic carbocycles. The third kappa shape index (κ3) is 3.80. The topological polar surface area (TPSA) is 54.3 Å². The van der Waals surface area contributed by atoms with E-state index in [4.69, 9.17) is 0 Å². The molecule has 112 valence electrons. The molecule has 0 fully saturated rings. The van der Waals surface area contributed by atoms with Gasteiger partial charge in [0, 0.05) is 31.4 Å². The van der Waals surface area contributed by atoms with Crippen molar-refractivity contribution in [3.8, 4) is 0 Å². The van der Waals surface area contributed by atoms with Crippen LogP contribution in [0.25, 0.3) is 0 Å². The molecule has 0 aliphatic heterocycles. The zero-order chi connectivity index (χ0) is 15.4. The van der Waals surface area contributed by atoms with E-state index in [2.05, 4.69) is 21.7 Å². The molecule has 2 aromatic heterocycles. The average molecular weight is 305 g/mol. The van der Waals surface area contributed by atoms with Gasteiger partial charge in [0.25, 0.3) is 11.5 Å². The molecule has 5 nitrogen and oxygen atoms in total. The van der Waals surface area contributed by atoms with Crippen molar-refractivity contribution in [1.29, 1.82) is 0 Å². The van der Waals surface area contributed by atoms with E-state index in [9.17, 15) is 9.59 Å². The maximum absolute atomic E-state index is 12.1. The van der Waals surface area contributed by atoms with Gasteiger partial charge in [-0.2, -0.15) is 11.3 Å². The van der Waals surface area contributed by atoms with Gasteiger partial charge in [-0.15, -0.1) is 0 Å². The first-order valence-electron chi connectivity index (χ1n) is 6.62. The number of hydrogen-bond acceptors (Lipinski definition) is 4. The molecule has 0 spiro atoms. The summed E-state index contributed by atoms with van der Waals surface area (Å²) in [6.07, 6.45) is 1.60. The lowest BCUT2D eigenvalue weighted by molar-refractivity contribution is 0.0941. The summed E-state index contributed by atoms with van der Waals surface area (Å²) >= 11 is 1.64. The standard InChI is InChI=1S/C15H19N3O2S/c1-17(2)13(12-5-7-21-10-12)9-16-15(20)11-4-6-18(3)14(19)8-11/h4-8,10,13H,9H2,1-3H3,(H,16,20). The Morgan fingerprint density at radius 2 is 2.19 bits per heavy atom. The highest BCUT2D eigenvalue weighted by atomic mass is 32.1. The molecule has 0 radical (unpaired) electrons. The Kier molecular flexibility index (Phi) is 4.93. The second-order valence-corrected chi connectivity index (χ2v) is 5.89. The molecule has 2 rings (SSSR count). The number of nitrogens with one attached hydrogen (secondary N) is 1. The second-order valence-electron chi connectivity index (χ2n) is 5.11. The fourth-order valence-electron chi connectivity index (χ4n) is 2.04. The fourth-order valence-corrected chi connectivity index (χ4v) is 2.75. The van der Waals surface area contributed by atoms with Crippen LogP contribution in [-0.4, -0.2) is 36.0 Å². The highest BCUT2D eigenvalue weighted by Crippen LogP contribution is 2.20. The predicted octanol–water partition coefficient (Wildman–Crippen LogP) is 1.48. The summed E-state index contributed by atoms with van der Waals surface area (Å²) in [6.45, 7) is 0.498. The van der Waals surface area contributed by atoms with Gasteiger partial charge in [-0.25, -0.2) is 0 Å². The maximum atomic E-state index is 12.1. The van der Waals surface area contributed by atoms with E-state index in [0.29, 0.717) is 12.1 Å². The Hall–Kier alpha value is -1.92. The Balaban J connectivity index is 2.05. The monoisotopic (exact) mass is 305 g/mol. The number of rotatable bonds is 5. The zero-order valence-corrected chi connectivity index (χ0v) is 13.2. The van der Waals surface area contributed by atoms with E-state index >= 15 is 0 Å². The van der Waals surface area contributed by atoms with Crippen molar-refractivity contribution in [2.45, 2.75) is 6.04 Å². The van der Waals surface area contributed by atoms with Gasteiger partial charge in [0.1, 0.15) is 0 Å². The number of carbonyl (C=O) groups is 1. The molecule has 0 aliphatic rings. The number of amides is 1. The molecule has 0 bridgehead atoms. The minimum Gasteiger partial charge on any atom is -0.350 e. The van der Waals surface area contributed by atoms with Crippen LogP contribution in [0.4, 0.5) is 0 Å². The van der Waals surface area contributed by atoms with Crippen molar-refractivity contribution in [2.75, 3.05) is 20.6 Å². The third-order valence-electron chi connectivity index (χ3n) is 3.37. The van der Waals surface area contributed by atoms with Gasteiger partial charge in [0.05, 0.1) is 6.04 Å². The Morgan fingerprint density at radius 1 is 1.43 bits per heavy atom. The normalized spacial score (nSPS) is 12.4. The lowest BCUT2D eigenvalue weighted by atomic mass is 10.1. The average Bonchev–Trinajstić information content (AvgIpc) is 2.95. The summed E-state index contributed by atoms with van der Waals surface area (Å²) in [5, 5.41) is 6.99. The number of likely N-dealkylation sites (N-methyl/N-ethyl adjacent to an activating group) is 1. The van der Waals surface area contributed by atoms with Crippen LogP contribution in [0.15, 0.2) is 40.0 Å². The molecule has 21 heavy (non-hydrogen) atoms. The molecule has 6 heteroatoms. The Labute approximate surface area is 127 Å². The Bertz CT molecular complexity index is 662. The van der Waals surface area contributed by atoms with Gasteiger partial charge in [-0.05, 0) is 42.6 Å². The van der Waals surface area contributed by atoms with Crippen LogP contribution >= 0.6 is 11.3 Å². The smallest absolute Gasteiger partial charge is 0.251 e. The van der Waals surface area contributed by atoms with Gasteiger partial charge in [0.2, 0.25) is 0 Å². The molecule has 1 unspecified atom stereocenters. The van der Waals surface area contributed by atoms with Crippen molar-refractivity contribution >= 4 is 17.2 Å². The van der Waals surface area contributed by atoms with Gasteiger partial charge < -0.3 is 14.8 Å². The van der Waals surface area contributed by atoms with Crippen LogP contribution in [0.3, 0.4) is 0 Å². The number of carbonyl (C=O) groups excluding carboxylic acids is 1. The number of thiophene rings is 1. The van der Waals surface area contributed by atoms with E-state index in [-0.39, 0.29) is 17.5 Å². The first-order chi connectivity index (χ1) is 9.99. The van der Waals surface area contributed by atoms with E-state index in [0.717, 1.165) is 0 Å².